The van der Waals surface area contributed by atoms with E-state index in [9.17, 15) is 4.79 Å². The molecule has 0 spiro atoms. The maximum Gasteiger partial charge on any atom is 0.257 e. The van der Waals surface area contributed by atoms with Crippen LogP contribution in [0.15, 0.2) is 71.8 Å². The van der Waals surface area contributed by atoms with Crippen molar-refractivity contribution in [1.82, 2.24) is 19.9 Å². The van der Waals surface area contributed by atoms with E-state index < -0.39 is 0 Å². The van der Waals surface area contributed by atoms with Gasteiger partial charge in [-0.1, -0.05) is 18.2 Å². The molecule has 1 amide bonds. The number of methoxy groups -OCH3 is 3. The molecule has 0 aliphatic carbocycles. The van der Waals surface area contributed by atoms with E-state index in [0.717, 1.165) is 65.4 Å². The molecule has 0 bridgehead atoms. The molecule has 1 N–H and O–H groups in total. The second-order valence-corrected chi connectivity index (χ2v) is 10.5. The third-order valence-corrected chi connectivity index (χ3v) is 8.12. The predicted octanol–water partition coefficient (Wildman–Crippen LogP) is 5.15. The van der Waals surface area contributed by atoms with E-state index >= 15 is 0 Å². The van der Waals surface area contributed by atoms with Gasteiger partial charge >= 0.3 is 0 Å². The van der Waals surface area contributed by atoms with Gasteiger partial charge in [0, 0.05) is 12.3 Å². The fourth-order valence-corrected chi connectivity index (χ4v) is 5.81. The number of H-pyrrole nitrogens is 1. The van der Waals surface area contributed by atoms with Gasteiger partial charge in [-0.2, -0.15) is 5.10 Å². The van der Waals surface area contributed by atoms with Gasteiger partial charge < -0.3 is 19.2 Å². The molecule has 4 aromatic rings. The van der Waals surface area contributed by atoms with Crippen LogP contribution in [-0.2, 0) is 4.79 Å². The predicted molar refractivity (Wildman–Crippen MR) is 158 cm³/mol. The van der Waals surface area contributed by atoms with Crippen molar-refractivity contribution >= 4 is 22.7 Å². The molecule has 41 heavy (non-hydrogen) atoms. The highest BCUT2D eigenvalue weighted by molar-refractivity contribution is 6.03. The molecule has 2 aliphatic heterocycles. The van der Waals surface area contributed by atoms with Crippen molar-refractivity contribution in [3.8, 4) is 17.2 Å². The van der Waals surface area contributed by atoms with E-state index in [4.69, 9.17) is 24.3 Å². The summed E-state index contributed by atoms with van der Waals surface area (Å²) in [6, 6.07) is 21.5. The number of imidazole rings is 1. The Hall–Kier alpha value is -4.37. The molecular weight excluding hydrogens is 518 g/mol. The van der Waals surface area contributed by atoms with Crippen molar-refractivity contribution in [2.75, 3.05) is 41.0 Å². The maximum atomic E-state index is 13.8. The van der Waals surface area contributed by atoms with Gasteiger partial charge in [-0.15, -0.1) is 0 Å². The van der Waals surface area contributed by atoms with Gasteiger partial charge in [-0.25, -0.2) is 9.99 Å². The first-order valence-electron chi connectivity index (χ1n) is 14.0. The number of nitrogens with one attached hydrogen (secondary N) is 1. The number of hydrogen-bond donors (Lipinski definition) is 1. The zero-order valence-corrected chi connectivity index (χ0v) is 23.7. The van der Waals surface area contributed by atoms with Crippen molar-refractivity contribution in [1.29, 1.82) is 0 Å². The van der Waals surface area contributed by atoms with Crippen LogP contribution in [0.3, 0.4) is 0 Å². The minimum atomic E-state index is -0.243. The van der Waals surface area contributed by atoms with Gasteiger partial charge in [-0.3, -0.25) is 9.69 Å². The summed E-state index contributed by atoms with van der Waals surface area (Å²) in [7, 11) is 4.88. The van der Waals surface area contributed by atoms with Gasteiger partial charge in [0.1, 0.15) is 11.6 Å². The Balaban J connectivity index is 1.19. The monoisotopic (exact) mass is 553 g/mol. The molecule has 1 saturated heterocycles. The normalized spacial score (nSPS) is 18.0. The van der Waals surface area contributed by atoms with Crippen LogP contribution in [-0.4, -0.2) is 72.5 Å². The van der Waals surface area contributed by atoms with Crippen LogP contribution >= 0.6 is 0 Å². The number of hydrogen-bond acceptors (Lipinski definition) is 7. The number of fused-ring (bicyclic) bond motifs is 1. The SMILES string of the molecule is COc1ccc(C2=NN(C(=O)CN3CCC(c4nc5ccccc5[nH]4)CC3)C(c3ccc(OC)c(OC)c3)C2)cc1. The Labute approximate surface area is 239 Å². The highest BCUT2D eigenvalue weighted by Gasteiger charge is 2.35. The molecule has 212 valence electrons. The topological polar surface area (TPSA) is 92.3 Å². The summed E-state index contributed by atoms with van der Waals surface area (Å²) < 4.78 is 16.3. The van der Waals surface area contributed by atoms with Crippen LogP contribution < -0.4 is 14.2 Å². The maximum absolute atomic E-state index is 13.8. The number of benzene rings is 3. The number of ether oxygens (including phenoxy) is 3. The quantitative estimate of drug-likeness (QED) is 0.325. The lowest BCUT2D eigenvalue weighted by Gasteiger charge is -2.32. The second-order valence-electron chi connectivity index (χ2n) is 10.5. The zero-order valence-electron chi connectivity index (χ0n) is 23.7. The van der Waals surface area contributed by atoms with Crippen LogP contribution in [0.2, 0.25) is 0 Å². The first-order valence-corrected chi connectivity index (χ1v) is 14.0. The summed E-state index contributed by atoms with van der Waals surface area (Å²) in [5.74, 6) is 3.44. The fourth-order valence-electron chi connectivity index (χ4n) is 5.81. The fraction of sp³-hybridized carbons (Fsp3) is 0.344. The number of nitrogens with zero attached hydrogens (tertiary/aromatic N) is 4. The number of aromatic amines is 1. The molecular formula is C32H35N5O4. The second kappa shape index (κ2) is 11.6. The molecule has 1 atom stereocenters. The molecule has 1 fully saturated rings. The summed E-state index contributed by atoms with van der Waals surface area (Å²) in [6.07, 6.45) is 2.50. The van der Waals surface area contributed by atoms with E-state index in [1.807, 2.05) is 60.7 Å². The summed E-state index contributed by atoms with van der Waals surface area (Å²) in [5, 5.41) is 6.53. The molecule has 9 heteroatoms. The highest BCUT2D eigenvalue weighted by atomic mass is 16.5. The molecule has 9 nitrogen and oxygen atoms in total. The average Bonchev–Trinajstić information content (AvgIpc) is 3.67. The van der Waals surface area contributed by atoms with Gasteiger partial charge in [0.25, 0.3) is 5.91 Å². The van der Waals surface area contributed by atoms with E-state index in [1.54, 1.807) is 26.3 Å². The summed E-state index contributed by atoms with van der Waals surface area (Å²) in [5.41, 5.74) is 4.86. The largest absolute Gasteiger partial charge is 0.497 e. The third kappa shape index (κ3) is 5.50. The number of carbonyl (C=O) groups excluding carboxylic acids is 1. The molecule has 1 aromatic heterocycles. The lowest BCUT2D eigenvalue weighted by Crippen LogP contribution is -2.41. The molecule has 1 unspecified atom stereocenters. The summed E-state index contributed by atoms with van der Waals surface area (Å²) >= 11 is 0. The van der Waals surface area contributed by atoms with Crippen LogP contribution in [0.5, 0.6) is 17.2 Å². The van der Waals surface area contributed by atoms with Crippen LogP contribution in [0.1, 0.15) is 48.2 Å². The Morgan fingerprint density at radius 1 is 0.927 bits per heavy atom. The number of para-hydroxylation sites is 2. The van der Waals surface area contributed by atoms with Crippen molar-refractivity contribution in [2.24, 2.45) is 5.10 Å². The Morgan fingerprint density at radius 2 is 1.68 bits per heavy atom. The minimum Gasteiger partial charge on any atom is -0.497 e. The van der Waals surface area contributed by atoms with Gasteiger partial charge in [0.15, 0.2) is 11.5 Å². The number of carbonyl (C=O) groups is 1. The van der Waals surface area contributed by atoms with Crippen LogP contribution in [0.25, 0.3) is 11.0 Å². The van der Waals surface area contributed by atoms with Gasteiger partial charge in [0.2, 0.25) is 0 Å². The first kappa shape index (κ1) is 26.8. The number of amides is 1. The first-order chi connectivity index (χ1) is 20.1. The van der Waals surface area contributed by atoms with Crippen LogP contribution in [0, 0.1) is 0 Å². The number of likely N-dealkylation sites (tertiary alicyclic amines) is 1. The minimum absolute atomic E-state index is 0.0181. The van der Waals surface area contributed by atoms with Crippen molar-refractivity contribution < 1.29 is 19.0 Å². The Kier molecular flexibility index (Phi) is 7.61. The van der Waals surface area contributed by atoms with E-state index in [-0.39, 0.29) is 11.9 Å². The van der Waals surface area contributed by atoms with Gasteiger partial charge in [0.05, 0.1) is 50.7 Å². The summed E-state index contributed by atoms with van der Waals surface area (Å²) in [6.45, 7) is 1.98. The van der Waals surface area contributed by atoms with E-state index in [1.165, 1.54) is 0 Å². The lowest BCUT2D eigenvalue weighted by molar-refractivity contribution is -0.134. The summed E-state index contributed by atoms with van der Waals surface area (Å²) in [4.78, 5) is 24.3. The number of aromatic nitrogens is 2. The standard InChI is InChI=1S/C32H35N5O4/c1-39-24-11-8-21(9-12-24)27-19-28(23-10-13-29(40-2)30(18-23)41-3)37(35-27)31(38)20-36-16-14-22(15-17-36)32-33-25-6-4-5-7-26(25)34-32/h4-13,18,22,28H,14-17,19-20H2,1-3H3,(H,33,34). The lowest BCUT2D eigenvalue weighted by atomic mass is 9.96. The van der Waals surface area contributed by atoms with Crippen molar-refractivity contribution in [3.63, 3.8) is 0 Å². The van der Waals surface area contributed by atoms with Crippen LogP contribution in [0.4, 0.5) is 0 Å². The van der Waals surface area contributed by atoms with Gasteiger partial charge in [-0.05, 0) is 85.6 Å². The molecule has 6 rings (SSSR count). The van der Waals surface area contributed by atoms with Crippen molar-refractivity contribution in [3.05, 3.63) is 83.7 Å². The highest BCUT2D eigenvalue weighted by Crippen LogP contribution is 2.38. The number of piperidine rings is 1. The molecule has 0 saturated carbocycles. The van der Waals surface area contributed by atoms with E-state index in [2.05, 4.69) is 16.0 Å². The number of rotatable bonds is 8. The smallest absolute Gasteiger partial charge is 0.257 e. The molecule has 0 radical (unpaired) electrons. The Morgan fingerprint density at radius 3 is 2.39 bits per heavy atom. The molecule has 2 aliphatic rings. The molecule has 3 aromatic carbocycles. The van der Waals surface area contributed by atoms with E-state index in [0.29, 0.717) is 30.4 Å². The third-order valence-electron chi connectivity index (χ3n) is 8.12. The zero-order chi connectivity index (χ0) is 28.3. The average molecular weight is 554 g/mol. The van der Waals surface area contributed by atoms with Crippen molar-refractivity contribution in [2.45, 2.75) is 31.2 Å². The molecule has 3 heterocycles. The number of hydrazone groups is 1. The Bertz CT molecular complexity index is 1520.